The third kappa shape index (κ3) is 3.83. The predicted molar refractivity (Wildman–Crippen MR) is 76.3 cm³/mol. The van der Waals surface area contributed by atoms with Gasteiger partial charge in [-0.05, 0) is 26.7 Å². The molecule has 1 saturated carbocycles. The van der Waals surface area contributed by atoms with Crippen molar-refractivity contribution in [3.63, 3.8) is 0 Å². The van der Waals surface area contributed by atoms with E-state index in [2.05, 4.69) is 23.7 Å². The van der Waals surface area contributed by atoms with Crippen LogP contribution in [0, 0.1) is 0 Å². The van der Waals surface area contributed by atoms with E-state index in [9.17, 15) is 0 Å². The summed E-state index contributed by atoms with van der Waals surface area (Å²) in [6.45, 7) is 7.96. The van der Waals surface area contributed by atoms with Crippen LogP contribution in [0.4, 0.5) is 0 Å². The van der Waals surface area contributed by atoms with Gasteiger partial charge in [0.25, 0.3) is 0 Å². The zero-order valence-corrected chi connectivity index (χ0v) is 12.2. The fourth-order valence-corrected chi connectivity index (χ4v) is 3.03. The highest BCUT2D eigenvalue weighted by Gasteiger charge is 2.34. The molecule has 0 aromatic rings. The van der Waals surface area contributed by atoms with Crippen LogP contribution in [0.1, 0.15) is 39.5 Å². The lowest BCUT2D eigenvalue weighted by Gasteiger charge is -2.33. The average molecular weight is 269 g/mol. The Hall–Kier alpha value is -0.810. The van der Waals surface area contributed by atoms with Gasteiger partial charge in [0.2, 0.25) is 0 Å². The van der Waals surface area contributed by atoms with Crippen molar-refractivity contribution in [2.24, 2.45) is 10.7 Å². The van der Waals surface area contributed by atoms with Crippen LogP contribution >= 0.6 is 0 Å². The lowest BCUT2D eigenvalue weighted by atomic mass is 10.0. The number of guanidine groups is 1. The summed E-state index contributed by atoms with van der Waals surface area (Å²) < 4.78 is 11.5. The molecule has 2 fully saturated rings. The number of morpholine rings is 1. The highest BCUT2D eigenvalue weighted by molar-refractivity contribution is 5.78. The highest BCUT2D eigenvalue weighted by Crippen LogP contribution is 2.33. The molecular formula is C14H27N3O2. The van der Waals surface area contributed by atoms with Crippen LogP contribution in [-0.2, 0) is 9.47 Å². The summed E-state index contributed by atoms with van der Waals surface area (Å²) in [5, 5.41) is 0. The van der Waals surface area contributed by atoms with Gasteiger partial charge in [0, 0.05) is 19.7 Å². The molecule has 1 unspecified atom stereocenters. The number of hydrogen-bond acceptors (Lipinski definition) is 3. The maximum Gasteiger partial charge on any atom is 0.191 e. The van der Waals surface area contributed by atoms with E-state index in [4.69, 9.17) is 15.2 Å². The topological polar surface area (TPSA) is 60.1 Å². The SMILES string of the molecule is CCOC1(CN=C(N)N2CCOC(C)C2)CCCC1. The van der Waals surface area contributed by atoms with E-state index in [0.717, 1.165) is 39.1 Å². The lowest BCUT2D eigenvalue weighted by molar-refractivity contribution is -0.0267. The van der Waals surface area contributed by atoms with E-state index >= 15 is 0 Å². The first-order valence-corrected chi connectivity index (χ1v) is 7.46. The van der Waals surface area contributed by atoms with Crippen molar-refractivity contribution in [3.8, 4) is 0 Å². The maximum atomic E-state index is 6.11. The second kappa shape index (κ2) is 6.57. The van der Waals surface area contributed by atoms with Crippen LogP contribution in [0.25, 0.3) is 0 Å². The summed E-state index contributed by atoms with van der Waals surface area (Å²) in [7, 11) is 0. The monoisotopic (exact) mass is 269 g/mol. The van der Waals surface area contributed by atoms with E-state index in [1.165, 1.54) is 12.8 Å². The molecule has 0 amide bonds. The first kappa shape index (κ1) is 14.6. The molecule has 0 bridgehead atoms. The fourth-order valence-electron chi connectivity index (χ4n) is 3.03. The third-order valence-electron chi connectivity index (χ3n) is 4.06. The number of ether oxygens (including phenoxy) is 2. The molecule has 2 rings (SSSR count). The van der Waals surface area contributed by atoms with Gasteiger partial charge in [-0.3, -0.25) is 4.99 Å². The van der Waals surface area contributed by atoms with Crippen molar-refractivity contribution in [2.45, 2.75) is 51.2 Å². The molecule has 19 heavy (non-hydrogen) atoms. The summed E-state index contributed by atoms with van der Waals surface area (Å²) in [6, 6.07) is 0. The van der Waals surface area contributed by atoms with Crippen LogP contribution < -0.4 is 5.73 Å². The van der Waals surface area contributed by atoms with Crippen LogP contribution in [0.2, 0.25) is 0 Å². The van der Waals surface area contributed by atoms with E-state index in [1.807, 2.05) is 0 Å². The summed E-state index contributed by atoms with van der Waals surface area (Å²) in [5.41, 5.74) is 6.05. The van der Waals surface area contributed by atoms with Gasteiger partial charge in [0.05, 0.1) is 24.9 Å². The van der Waals surface area contributed by atoms with Gasteiger partial charge in [0.1, 0.15) is 0 Å². The standard InChI is InChI=1S/C14H27N3O2/c1-3-19-14(6-4-5-7-14)11-16-13(15)17-8-9-18-12(2)10-17/h12H,3-11H2,1-2H3,(H2,15,16). The fraction of sp³-hybridized carbons (Fsp3) is 0.929. The van der Waals surface area contributed by atoms with Crippen LogP contribution in [0.3, 0.4) is 0 Å². The second-order valence-electron chi connectivity index (χ2n) is 5.62. The van der Waals surface area contributed by atoms with Gasteiger partial charge >= 0.3 is 0 Å². The quantitative estimate of drug-likeness (QED) is 0.618. The van der Waals surface area contributed by atoms with Crippen LogP contribution in [0.15, 0.2) is 4.99 Å². The third-order valence-corrected chi connectivity index (χ3v) is 4.06. The predicted octanol–water partition coefficient (Wildman–Crippen LogP) is 1.37. The molecule has 1 atom stereocenters. The molecule has 110 valence electrons. The Kier molecular flexibility index (Phi) is 5.05. The minimum Gasteiger partial charge on any atom is -0.375 e. The molecule has 5 nitrogen and oxygen atoms in total. The molecule has 1 aliphatic carbocycles. The van der Waals surface area contributed by atoms with Gasteiger partial charge < -0.3 is 20.1 Å². The molecule has 1 heterocycles. The van der Waals surface area contributed by atoms with Crippen molar-refractivity contribution in [2.75, 3.05) is 32.8 Å². The number of rotatable bonds is 4. The van der Waals surface area contributed by atoms with Gasteiger partial charge in [-0.25, -0.2) is 0 Å². The smallest absolute Gasteiger partial charge is 0.191 e. The van der Waals surface area contributed by atoms with Crippen LogP contribution in [-0.4, -0.2) is 55.4 Å². The second-order valence-corrected chi connectivity index (χ2v) is 5.62. The molecule has 5 heteroatoms. The Bertz CT molecular complexity index is 314. The highest BCUT2D eigenvalue weighted by atomic mass is 16.5. The number of nitrogens with two attached hydrogens (primary N) is 1. The normalized spacial score (nSPS) is 27.8. The molecular weight excluding hydrogens is 242 g/mol. The van der Waals surface area contributed by atoms with Crippen LogP contribution in [0.5, 0.6) is 0 Å². The summed E-state index contributed by atoms with van der Waals surface area (Å²) in [5.74, 6) is 0.640. The van der Waals surface area contributed by atoms with E-state index in [-0.39, 0.29) is 11.7 Å². The lowest BCUT2D eigenvalue weighted by Crippen LogP contribution is -2.48. The number of hydrogen-bond donors (Lipinski definition) is 1. The molecule has 1 saturated heterocycles. The van der Waals surface area contributed by atoms with E-state index in [1.54, 1.807) is 0 Å². The largest absolute Gasteiger partial charge is 0.375 e. The first-order valence-electron chi connectivity index (χ1n) is 7.46. The van der Waals surface area contributed by atoms with E-state index in [0.29, 0.717) is 12.5 Å². The average Bonchev–Trinajstić information content (AvgIpc) is 2.85. The maximum absolute atomic E-state index is 6.11. The summed E-state index contributed by atoms with van der Waals surface area (Å²) in [4.78, 5) is 6.71. The Balaban J connectivity index is 1.92. The Morgan fingerprint density at radius 1 is 1.47 bits per heavy atom. The zero-order chi connectivity index (χ0) is 13.7. The molecule has 0 radical (unpaired) electrons. The Labute approximate surface area is 116 Å². The van der Waals surface area contributed by atoms with Gasteiger partial charge in [-0.1, -0.05) is 12.8 Å². The summed E-state index contributed by atoms with van der Waals surface area (Å²) >= 11 is 0. The first-order chi connectivity index (χ1) is 9.15. The Morgan fingerprint density at radius 2 is 2.21 bits per heavy atom. The molecule has 1 aliphatic heterocycles. The molecule has 0 aromatic heterocycles. The van der Waals surface area contributed by atoms with Crippen molar-refractivity contribution in [3.05, 3.63) is 0 Å². The number of nitrogens with zero attached hydrogens (tertiary/aromatic N) is 2. The number of aliphatic imine (C=N–C) groups is 1. The molecule has 2 aliphatic rings. The van der Waals surface area contributed by atoms with Crippen molar-refractivity contribution < 1.29 is 9.47 Å². The molecule has 0 aromatic carbocycles. The minimum absolute atomic E-state index is 0.0583. The molecule has 0 spiro atoms. The Morgan fingerprint density at radius 3 is 2.84 bits per heavy atom. The van der Waals surface area contributed by atoms with Gasteiger partial charge in [-0.15, -0.1) is 0 Å². The van der Waals surface area contributed by atoms with Gasteiger partial charge in [-0.2, -0.15) is 0 Å². The molecule has 2 N–H and O–H groups in total. The van der Waals surface area contributed by atoms with Crippen molar-refractivity contribution in [1.29, 1.82) is 0 Å². The van der Waals surface area contributed by atoms with Gasteiger partial charge in [0.15, 0.2) is 5.96 Å². The van der Waals surface area contributed by atoms with E-state index < -0.39 is 0 Å². The zero-order valence-electron chi connectivity index (χ0n) is 12.2. The van der Waals surface area contributed by atoms with Crippen molar-refractivity contribution in [1.82, 2.24) is 4.90 Å². The minimum atomic E-state index is -0.0583. The van der Waals surface area contributed by atoms with Crippen molar-refractivity contribution >= 4 is 5.96 Å². The summed E-state index contributed by atoms with van der Waals surface area (Å²) in [6.07, 6.45) is 4.93.